The second kappa shape index (κ2) is 3.07. The lowest BCUT2D eigenvalue weighted by atomic mass is 10.0. The highest BCUT2D eigenvalue weighted by molar-refractivity contribution is 9.11. The third-order valence-corrected chi connectivity index (χ3v) is 4.71. The summed E-state index contributed by atoms with van der Waals surface area (Å²) in [6.07, 6.45) is 4.06. The average molecular weight is 258 g/mol. The van der Waals surface area contributed by atoms with Crippen LogP contribution in [0.2, 0.25) is 0 Å². The van der Waals surface area contributed by atoms with Gasteiger partial charge in [-0.15, -0.1) is 11.3 Å². The average Bonchev–Trinajstić information content (AvgIpc) is 2.86. The lowest BCUT2D eigenvalue weighted by molar-refractivity contribution is 0.467. The first-order chi connectivity index (χ1) is 6.34. The van der Waals surface area contributed by atoms with Crippen LogP contribution in [0.4, 0.5) is 0 Å². The fourth-order valence-electron chi connectivity index (χ4n) is 2.13. The SMILES string of the molecule is Brc1cc2c(s1)C(C1CC1)NCC2. The molecule has 1 saturated carbocycles. The van der Waals surface area contributed by atoms with Crippen LogP contribution in [-0.2, 0) is 6.42 Å². The maximum Gasteiger partial charge on any atom is 0.0704 e. The van der Waals surface area contributed by atoms with E-state index >= 15 is 0 Å². The third kappa shape index (κ3) is 1.47. The van der Waals surface area contributed by atoms with Gasteiger partial charge in [-0.05, 0) is 59.3 Å². The molecule has 0 aromatic carbocycles. The summed E-state index contributed by atoms with van der Waals surface area (Å²) >= 11 is 5.50. The summed E-state index contributed by atoms with van der Waals surface area (Å²) in [6.45, 7) is 1.16. The standard InChI is InChI=1S/C10H12BrNS/c11-8-5-7-3-4-12-9(6-1-2-6)10(7)13-8/h5-6,9,12H,1-4H2. The first-order valence-corrected chi connectivity index (χ1v) is 6.47. The van der Waals surface area contributed by atoms with Crippen molar-refractivity contribution in [2.24, 2.45) is 5.92 Å². The van der Waals surface area contributed by atoms with Gasteiger partial charge in [0.1, 0.15) is 0 Å². The molecule has 1 fully saturated rings. The Labute approximate surface area is 90.7 Å². The van der Waals surface area contributed by atoms with Gasteiger partial charge in [-0.1, -0.05) is 0 Å². The van der Waals surface area contributed by atoms with Gasteiger partial charge in [0.25, 0.3) is 0 Å². The maximum atomic E-state index is 3.64. The van der Waals surface area contributed by atoms with E-state index in [9.17, 15) is 0 Å². The van der Waals surface area contributed by atoms with Gasteiger partial charge in [0.2, 0.25) is 0 Å². The highest BCUT2D eigenvalue weighted by Crippen LogP contribution is 2.46. The monoisotopic (exact) mass is 257 g/mol. The molecular weight excluding hydrogens is 246 g/mol. The Balaban J connectivity index is 1.99. The molecule has 1 atom stereocenters. The van der Waals surface area contributed by atoms with E-state index in [1.165, 1.54) is 23.0 Å². The van der Waals surface area contributed by atoms with E-state index in [-0.39, 0.29) is 0 Å². The molecule has 2 aliphatic rings. The van der Waals surface area contributed by atoms with Gasteiger partial charge in [0.15, 0.2) is 0 Å². The van der Waals surface area contributed by atoms with E-state index in [4.69, 9.17) is 0 Å². The summed E-state index contributed by atoms with van der Waals surface area (Å²) in [7, 11) is 0. The molecule has 1 aliphatic carbocycles. The molecule has 3 heteroatoms. The number of hydrogen-bond acceptors (Lipinski definition) is 2. The number of nitrogens with one attached hydrogen (secondary N) is 1. The minimum atomic E-state index is 0.681. The number of thiophene rings is 1. The molecular formula is C10H12BrNS. The van der Waals surface area contributed by atoms with E-state index in [0.29, 0.717) is 6.04 Å². The summed E-state index contributed by atoms with van der Waals surface area (Å²) in [5.41, 5.74) is 1.58. The smallest absolute Gasteiger partial charge is 0.0704 e. The maximum absolute atomic E-state index is 3.64. The molecule has 3 rings (SSSR count). The van der Waals surface area contributed by atoms with Crippen molar-refractivity contribution in [1.82, 2.24) is 5.32 Å². The second-order valence-electron chi connectivity index (χ2n) is 3.96. The number of halogens is 1. The Bertz CT molecular complexity index is 330. The molecule has 13 heavy (non-hydrogen) atoms. The highest BCUT2D eigenvalue weighted by Gasteiger charge is 2.35. The zero-order valence-corrected chi connectivity index (χ0v) is 9.75. The van der Waals surface area contributed by atoms with Gasteiger partial charge in [0.05, 0.1) is 3.79 Å². The van der Waals surface area contributed by atoms with Crippen molar-refractivity contribution in [3.05, 3.63) is 20.3 Å². The Morgan fingerprint density at radius 1 is 1.46 bits per heavy atom. The predicted molar refractivity (Wildman–Crippen MR) is 59.2 cm³/mol. The quantitative estimate of drug-likeness (QED) is 0.816. The van der Waals surface area contributed by atoms with Crippen molar-refractivity contribution in [3.63, 3.8) is 0 Å². The fraction of sp³-hybridized carbons (Fsp3) is 0.600. The Kier molecular flexibility index (Phi) is 2.00. The van der Waals surface area contributed by atoms with Crippen molar-refractivity contribution < 1.29 is 0 Å². The lowest BCUT2D eigenvalue weighted by Gasteiger charge is -2.23. The topological polar surface area (TPSA) is 12.0 Å². The van der Waals surface area contributed by atoms with Gasteiger partial charge in [0, 0.05) is 10.9 Å². The zero-order chi connectivity index (χ0) is 8.84. The molecule has 70 valence electrons. The number of hydrogen-bond donors (Lipinski definition) is 1. The summed E-state index contributed by atoms with van der Waals surface area (Å²) in [5, 5.41) is 3.64. The zero-order valence-electron chi connectivity index (χ0n) is 7.35. The van der Waals surface area contributed by atoms with E-state index in [0.717, 1.165) is 12.5 Å². The van der Waals surface area contributed by atoms with Crippen LogP contribution in [0.1, 0.15) is 29.3 Å². The van der Waals surface area contributed by atoms with E-state index in [1.54, 1.807) is 10.4 Å². The van der Waals surface area contributed by atoms with Crippen LogP contribution in [0.15, 0.2) is 9.85 Å². The summed E-state index contributed by atoms with van der Waals surface area (Å²) in [4.78, 5) is 1.60. The van der Waals surface area contributed by atoms with Gasteiger partial charge >= 0.3 is 0 Å². The molecule has 0 bridgehead atoms. The summed E-state index contributed by atoms with van der Waals surface area (Å²) < 4.78 is 1.30. The van der Waals surface area contributed by atoms with Crippen molar-refractivity contribution >= 4 is 27.3 Å². The van der Waals surface area contributed by atoms with Gasteiger partial charge in [-0.25, -0.2) is 0 Å². The molecule has 2 heterocycles. The summed E-state index contributed by atoms with van der Waals surface area (Å²) in [5.74, 6) is 0.935. The van der Waals surface area contributed by atoms with Crippen LogP contribution >= 0.6 is 27.3 Å². The van der Waals surface area contributed by atoms with Crippen LogP contribution in [0, 0.1) is 5.92 Å². The molecule has 1 unspecified atom stereocenters. The molecule has 1 aromatic rings. The van der Waals surface area contributed by atoms with Crippen LogP contribution in [0.3, 0.4) is 0 Å². The van der Waals surface area contributed by atoms with Crippen LogP contribution < -0.4 is 5.32 Å². The Morgan fingerprint density at radius 3 is 3.08 bits per heavy atom. The minimum Gasteiger partial charge on any atom is -0.309 e. The molecule has 1 aliphatic heterocycles. The lowest BCUT2D eigenvalue weighted by Crippen LogP contribution is -2.29. The van der Waals surface area contributed by atoms with Crippen LogP contribution in [0.5, 0.6) is 0 Å². The molecule has 1 N–H and O–H groups in total. The summed E-state index contributed by atoms with van der Waals surface area (Å²) in [6, 6.07) is 2.98. The third-order valence-electron chi connectivity index (χ3n) is 2.95. The number of fused-ring (bicyclic) bond motifs is 1. The van der Waals surface area contributed by atoms with E-state index in [2.05, 4.69) is 27.3 Å². The van der Waals surface area contributed by atoms with E-state index in [1.807, 2.05) is 11.3 Å². The molecule has 0 radical (unpaired) electrons. The minimum absolute atomic E-state index is 0.681. The molecule has 0 saturated heterocycles. The van der Waals surface area contributed by atoms with Crippen LogP contribution in [-0.4, -0.2) is 6.54 Å². The normalized spacial score (nSPS) is 27.3. The number of rotatable bonds is 1. The van der Waals surface area contributed by atoms with Crippen molar-refractivity contribution in [1.29, 1.82) is 0 Å². The highest BCUT2D eigenvalue weighted by atomic mass is 79.9. The fourth-order valence-corrected chi connectivity index (χ4v) is 4.04. The van der Waals surface area contributed by atoms with Crippen molar-refractivity contribution in [3.8, 4) is 0 Å². The van der Waals surface area contributed by atoms with Gasteiger partial charge in [-0.3, -0.25) is 0 Å². The Morgan fingerprint density at radius 2 is 2.31 bits per heavy atom. The molecule has 0 spiro atoms. The van der Waals surface area contributed by atoms with Gasteiger partial charge < -0.3 is 5.32 Å². The van der Waals surface area contributed by atoms with E-state index < -0.39 is 0 Å². The van der Waals surface area contributed by atoms with Gasteiger partial charge in [-0.2, -0.15) is 0 Å². The second-order valence-corrected chi connectivity index (χ2v) is 6.42. The van der Waals surface area contributed by atoms with Crippen LogP contribution in [0.25, 0.3) is 0 Å². The molecule has 1 nitrogen and oxygen atoms in total. The first kappa shape index (κ1) is 8.45. The predicted octanol–water partition coefficient (Wildman–Crippen LogP) is 3.11. The Hall–Kier alpha value is 0.140. The first-order valence-electron chi connectivity index (χ1n) is 4.86. The van der Waals surface area contributed by atoms with Crippen molar-refractivity contribution in [2.75, 3.05) is 6.54 Å². The largest absolute Gasteiger partial charge is 0.309 e. The van der Waals surface area contributed by atoms with Crippen molar-refractivity contribution in [2.45, 2.75) is 25.3 Å². The molecule has 0 amide bonds. The molecule has 1 aromatic heterocycles.